The second-order valence-electron chi connectivity index (χ2n) is 8.48. The maximum absolute atomic E-state index is 13.3. The van der Waals surface area contributed by atoms with E-state index in [4.69, 9.17) is 21.4 Å². The van der Waals surface area contributed by atoms with Gasteiger partial charge in [0.15, 0.2) is 0 Å². The first-order valence-corrected chi connectivity index (χ1v) is 13.2. The van der Waals surface area contributed by atoms with Crippen LogP contribution in [0, 0.1) is 0 Å². The van der Waals surface area contributed by atoms with Crippen molar-refractivity contribution in [1.29, 1.82) is 0 Å². The van der Waals surface area contributed by atoms with Crippen LogP contribution in [0.25, 0.3) is 6.08 Å². The molecule has 4 aromatic rings. The molecule has 1 unspecified atom stereocenters. The van der Waals surface area contributed by atoms with Crippen molar-refractivity contribution >= 4 is 41.4 Å². The molecule has 0 spiro atoms. The number of benzene rings is 3. The van der Waals surface area contributed by atoms with E-state index in [9.17, 15) is 4.79 Å². The zero-order valence-corrected chi connectivity index (χ0v) is 21.7. The standard InChI is InChI=1S/C29H25ClN4O2S/c1-20-26(27(35)36-18-22-12-6-3-7-13-22)25(17-16-21-10-4-2-5-11-21)34-28(31-20)32-29(33-34)37-19-23-14-8-9-15-24(23)30/h2-17,25H,18-19H2,1H3,(H,31,32,33)/b17-16+. The van der Waals surface area contributed by atoms with Crippen LogP contribution in [0.1, 0.15) is 29.7 Å². The number of hydrogen-bond acceptors (Lipinski definition) is 6. The minimum absolute atomic E-state index is 0.189. The molecular formula is C29H25ClN4O2S. The van der Waals surface area contributed by atoms with Crippen molar-refractivity contribution in [2.24, 2.45) is 0 Å². The fourth-order valence-corrected chi connectivity index (χ4v) is 5.11. The molecule has 5 rings (SSSR count). The van der Waals surface area contributed by atoms with Gasteiger partial charge in [0.1, 0.15) is 12.6 Å². The molecule has 37 heavy (non-hydrogen) atoms. The Hall–Kier alpha value is -3.81. The predicted molar refractivity (Wildman–Crippen MR) is 148 cm³/mol. The second-order valence-corrected chi connectivity index (χ2v) is 9.83. The van der Waals surface area contributed by atoms with E-state index in [0.717, 1.165) is 16.7 Å². The highest BCUT2D eigenvalue weighted by molar-refractivity contribution is 7.98. The summed E-state index contributed by atoms with van der Waals surface area (Å²) in [6.45, 7) is 2.05. The molecular weight excluding hydrogens is 504 g/mol. The number of esters is 1. The number of nitrogens with one attached hydrogen (secondary N) is 1. The molecule has 6 nitrogen and oxygen atoms in total. The number of carbonyl (C=O) groups excluding carboxylic acids is 1. The first-order valence-electron chi connectivity index (χ1n) is 11.8. The zero-order valence-electron chi connectivity index (χ0n) is 20.2. The van der Waals surface area contributed by atoms with Crippen LogP contribution in [-0.2, 0) is 21.9 Å². The molecule has 0 amide bonds. The highest BCUT2D eigenvalue weighted by Gasteiger charge is 2.32. The smallest absolute Gasteiger partial charge is 0.338 e. The van der Waals surface area contributed by atoms with Gasteiger partial charge in [-0.1, -0.05) is 114 Å². The molecule has 186 valence electrons. The third-order valence-corrected chi connectivity index (χ3v) is 7.15. The highest BCUT2D eigenvalue weighted by atomic mass is 35.5. The summed E-state index contributed by atoms with van der Waals surface area (Å²) in [4.78, 5) is 18.0. The van der Waals surface area contributed by atoms with Crippen molar-refractivity contribution in [2.75, 3.05) is 5.32 Å². The average molecular weight is 529 g/mol. The van der Waals surface area contributed by atoms with Crippen molar-refractivity contribution in [2.45, 2.75) is 30.5 Å². The number of thioether (sulfide) groups is 1. The van der Waals surface area contributed by atoms with Crippen LogP contribution in [0.2, 0.25) is 5.02 Å². The third kappa shape index (κ3) is 5.96. The lowest BCUT2D eigenvalue weighted by molar-refractivity contribution is -0.140. The minimum Gasteiger partial charge on any atom is -0.457 e. The lowest BCUT2D eigenvalue weighted by Crippen LogP contribution is -2.28. The number of hydrogen-bond donors (Lipinski definition) is 1. The Bertz CT molecular complexity index is 1450. The minimum atomic E-state index is -0.484. The number of ether oxygens (including phenoxy) is 1. The van der Waals surface area contributed by atoms with Crippen LogP contribution in [0.15, 0.2) is 107 Å². The number of aromatic nitrogens is 3. The summed E-state index contributed by atoms with van der Waals surface area (Å²) in [5.74, 6) is 0.802. The second kappa shape index (κ2) is 11.5. The largest absolute Gasteiger partial charge is 0.457 e. The van der Waals surface area contributed by atoms with Crippen LogP contribution in [0.3, 0.4) is 0 Å². The van der Waals surface area contributed by atoms with Gasteiger partial charge in [-0.2, -0.15) is 4.98 Å². The number of halogens is 1. The van der Waals surface area contributed by atoms with Crippen molar-refractivity contribution < 1.29 is 9.53 Å². The Balaban J connectivity index is 1.42. The van der Waals surface area contributed by atoms with E-state index in [-0.39, 0.29) is 6.61 Å². The summed E-state index contributed by atoms with van der Waals surface area (Å²) in [5.41, 5.74) is 4.13. The summed E-state index contributed by atoms with van der Waals surface area (Å²) >= 11 is 7.81. The number of fused-ring (bicyclic) bond motifs is 1. The van der Waals surface area contributed by atoms with Crippen LogP contribution in [-0.4, -0.2) is 20.7 Å². The zero-order chi connectivity index (χ0) is 25.6. The van der Waals surface area contributed by atoms with Gasteiger partial charge in [-0.15, -0.1) is 5.10 Å². The fourth-order valence-electron chi connectivity index (χ4n) is 4.00. The number of carbonyl (C=O) groups is 1. The van der Waals surface area contributed by atoms with Crippen LogP contribution < -0.4 is 5.32 Å². The molecule has 0 radical (unpaired) electrons. The predicted octanol–water partition coefficient (Wildman–Crippen LogP) is 6.92. The molecule has 1 aliphatic heterocycles. The third-order valence-electron chi connectivity index (χ3n) is 5.89. The monoisotopic (exact) mass is 528 g/mol. The molecule has 0 fully saturated rings. The average Bonchev–Trinajstić information content (AvgIpc) is 3.33. The van der Waals surface area contributed by atoms with Gasteiger partial charge in [-0.05, 0) is 29.7 Å². The summed E-state index contributed by atoms with van der Waals surface area (Å²) in [6, 6.07) is 26.8. The van der Waals surface area contributed by atoms with E-state index in [0.29, 0.717) is 33.2 Å². The lowest BCUT2D eigenvalue weighted by Gasteiger charge is -2.25. The van der Waals surface area contributed by atoms with Crippen LogP contribution in [0.5, 0.6) is 0 Å². The van der Waals surface area contributed by atoms with Crippen molar-refractivity contribution in [3.8, 4) is 0 Å². The van der Waals surface area contributed by atoms with Crippen molar-refractivity contribution in [3.63, 3.8) is 0 Å². The first kappa shape index (κ1) is 24.9. The molecule has 3 aromatic carbocycles. The molecule has 1 aliphatic rings. The normalized spacial score (nSPS) is 14.9. The van der Waals surface area contributed by atoms with Crippen LogP contribution >= 0.6 is 23.4 Å². The Morgan fingerprint density at radius 1 is 1.05 bits per heavy atom. The van der Waals surface area contributed by atoms with Gasteiger partial charge in [0.2, 0.25) is 11.1 Å². The molecule has 2 heterocycles. The van der Waals surface area contributed by atoms with Gasteiger partial charge in [0, 0.05) is 16.5 Å². The lowest BCUT2D eigenvalue weighted by atomic mass is 10.0. The Morgan fingerprint density at radius 3 is 2.51 bits per heavy atom. The van der Waals surface area contributed by atoms with E-state index < -0.39 is 12.0 Å². The quantitative estimate of drug-likeness (QED) is 0.198. The van der Waals surface area contributed by atoms with Gasteiger partial charge in [0.25, 0.3) is 0 Å². The van der Waals surface area contributed by atoms with Gasteiger partial charge in [-0.3, -0.25) is 0 Å². The van der Waals surface area contributed by atoms with E-state index >= 15 is 0 Å². The molecule has 1 aromatic heterocycles. The Morgan fingerprint density at radius 2 is 1.76 bits per heavy atom. The molecule has 0 saturated heterocycles. The highest BCUT2D eigenvalue weighted by Crippen LogP contribution is 2.34. The molecule has 0 saturated carbocycles. The number of rotatable bonds is 8. The number of allylic oxidation sites excluding steroid dienone is 2. The molecule has 1 N–H and O–H groups in total. The van der Waals surface area contributed by atoms with E-state index in [2.05, 4.69) is 10.3 Å². The molecule has 0 aliphatic carbocycles. The van der Waals surface area contributed by atoms with Gasteiger partial charge in [0.05, 0.1) is 5.57 Å². The van der Waals surface area contributed by atoms with Crippen LogP contribution in [0.4, 0.5) is 5.95 Å². The maximum atomic E-state index is 13.3. The Kier molecular flexibility index (Phi) is 7.73. The fraction of sp³-hybridized carbons (Fsp3) is 0.138. The van der Waals surface area contributed by atoms with Crippen molar-refractivity contribution in [3.05, 3.63) is 124 Å². The SMILES string of the molecule is CC1=C(C(=O)OCc2ccccc2)C(/C=C/c2ccccc2)n2nc(SCc3ccccc3Cl)nc2N1. The van der Waals surface area contributed by atoms with E-state index in [1.54, 1.807) is 4.68 Å². The summed E-state index contributed by atoms with van der Waals surface area (Å²) in [6.07, 6.45) is 3.94. The number of nitrogens with zero attached hydrogens (tertiary/aromatic N) is 3. The summed E-state index contributed by atoms with van der Waals surface area (Å²) in [5, 5.41) is 9.29. The topological polar surface area (TPSA) is 69.0 Å². The molecule has 8 heteroatoms. The van der Waals surface area contributed by atoms with E-state index in [1.165, 1.54) is 11.8 Å². The van der Waals surface area contributed by atoms with Crippen molar-refractivity contribution in [1.82, 2.24) is 14.8 Å². The first-order chi connectivity index (χ1) is 18.1. The van der Waals surface area contributed by atoms with Gasteiger partial charge in [-0.25, -0.2) is 9.48 Å². The van der Waals surface area contributed by atoms with E-state index in [1.807, 2.05) is 104 Å². The Labute approximate surface area is 225 Å². The maximum Gasteiger partial charge on any atom is 0.338 e. The molecule has 1 atom stereocenters. The summed E-state index contributed by atoms with van der Waals surface area (Å²) < 4.78 is 7.45. The summed E-state index contributed by atoms with van der Waals surface area (Å²) in [7, 11) is 0. The van der Waals surface area contributed by atoms with Gasteiger partial charge < -0.3 is 10.1 Å². The number of anilines is 1. The van der Waals surface area contributed by atoms with Gasteiger partial charge >= 0.3 is 5.97 Å². The molecule has 0 bridgehead atoms.